The minimum atomic E-state index is -2.37. The average Bonchev–Trinajstić information content (AvgIpc) is 2.72. The number of rotatable bonds is 4. The van der Waals surface area contributed by atoms with E-state index in [1.807, 2.05) is 0 Å². The quantitative estimate of drug-likeness (QED) is 0.149. The highest BCUT2D eigenvalue weighted by molar-refractivity contribution is 6.20. The van der Waals surface area contributed by atoms with Gasteiger partial charge in [-0.15, -0.1) is 0 Å². The summed E-state index contributed by atoms with van der Waals surface area (Å²) in [7, 11) is 1.39. The van der Waals surface area contributed by atoms with Crippen LogP contribution in [-0.4, -0.2) is 7.85 Å². The lowest BCUT2D eigenvalue weighted by Gasteiger charge is -2.32. The zero-order valence-corrected chi connectivity index (χ0v) is 16.0. The highest BCUT2D eigenvalue weighted by atomic mass is 19.2. The Balaban J connectivity index is 2.87. The van der Waals surface area contributed by atoms with E-state index in [9.17, 15) is 35.1 Å². The molecule has 160 valence electrons. The van der Waals surface area contributed by atoms with Gasteiger partial charge in [-0.1, -0.05) is 33.1 Å². The van der Waals surface area contributed by atoms with Gasteiger partial charge in [-0.25, -0.2) is 39.5 Å². The maximum Gasteiger partial charge on any atom is 0.198 e. The SMILES string of the molecule is BC(CC)(CCC)c1c2c(F)c(F)c(F)c(F)c2c(F)c2c(F)c(F)c(F)c(F)c12. The molecule has 30 heavy (non-hydrogen) atoms. The third-order valence-corrected chi connectivity index (χ3v) is 5.66. The zero-order chi connectivity index (χ0) is 22.7. The Labute approximate surface area is 166 Å². The van der Waals surface area contributed by atoms with Gasteiger partial charge < -0.3 is 0 Å². The third kappa shape index (κ3) is 2.79. The predicted molar refractivity (Wildman–Crippen MR) is 96.5 cm³/mol. The summed E-state index contributed by atoms with van der Waals surface area (Å²) in [5.74, 6) is -19.9. The van der Waals surface area contributed by atoms with Gasteiger partial charge in [0, 0.05) is 10.8 Å². The van der Waals surface area contributed by atoms with Gasteiger partial charge in [0.05, 0.1) is 10.8 Å². The summed E-state index contributed by atoms with van der Waals surface area (Å²) in [4.78, 5) is 0. The van der Waals surface area contributed by atoms with Gasteiger partial charge in [-0.2, -0.15) is 0 Å². The summed E-state index contributed by atoms with van der Waals surface area (Å²) in [6.45, 7) is 3.19. The number of halogens is 9. The zero-order valence-electron chi connectivity index (χ0n) is 16.0. The topological polar surface area (TPSA) is 0 Å². The first kappa shape index (κ1) is 22.3. The molecule has 0 aliphatic heterocycles. The molecule has 1 atom stereocenters. The molecule has 10 heteroatoms. The van der Waals surface area contributed by atoms with Crippen molar-refractivity contribution in [1.29, 1.82) is 0 Å². The minimum Gasteiger partial charge on any atom is -0.205 e. The molecule has 0 heterocycles. The van der Waals surface area contributed by atoms with Crippen LogP contribution >= 0.6 is 0 Å². The van der Waals surface area contributed by atoms with Crippen molar-refractivity contribution in [3.05, 3.63) is 57.9 Å². The molecule has 0 spiro atoms. The van der Waals surface area contributed by atoms with E-state index in [4.69, 9.17) is 0 Å². The molecule has 0 aromatic heterocycles. The molecule has 0 saturated heterocycles. The number of fused-ring (bicyclic) bond motifs is 2. The van der Waals surface area contributed by atoms with Crippen LogP contribution in [0.3, 0.4) is 0 Å². The van der Waals surface area contributed by atoms with E-state index in [1.165, 1.54) is 14.8 Å². The molecular weight excluding hydrogens is 422 g/mol. The van der Waals surface area contributed by atoms with Crippen LogP contribution in [-0.2, 0) is 5.31 Å². The molecule has 0 fully saturated rings. The van der Waals surface area contributed by atoms with E-state index in [0.29, 0.717) is 6.42 Å². The number of benzene rings is 3. The summed E-state index contributed by atoms with van der Waals surface area (Å²) >= 11 is 0. The van der Waals surface area contributed by atoms with Crippen molar-refractivity contribution in [2.75, 3.05) is 0 Å². The maximum absolute atomic E-state index is 15.0. The smallest absolute Gasteiger partial charge is 0.198 e. The Kier molecular flexibility index (Phi) is 5.49. The fourth-order valence-corrected chi connectivity index (χ4v) is 4.03. The van der Waals surface area contributed by atoms with Crippen molar-refractivity contribution < 1.29 is 39.5 Å². The van der Waals surface area contributed by atoms with Crippen LogP contribution in [0.25, 0.3) is 21.5 Å². The van der Waals surface area contributed by atoms with Crippen molar-refractivity contribution in [1.82, 2.24) is 0 Å². The number of hydrogen-bond donors (Lipinski definition) is 0. The first-order valence-corrected chi connectivity index (χ1v) is 9.07. The Morgan fingerprint density at radius 3 is 1.17 bits per heavy atom. The Bertz CT molecular complexity index is 1120. The highest BCUT2D eigenvalue weighted by Gasteiger charge is 2.38. The summed E-state index contributed by atoms with van der Waals surface area (Å²) < 4.78 is 129. The van der Waals surface area contributed by atoms with Crippen LogP contribution in [0.5, 0.6) is 0 Å². The van der Waals surface area contributed by atoms with E-state index in [1.54, 1.807) is 6.92 Å². The molecule has 0 amide bonds. The van der Waals surface area contributed by atoms with Crippen LogP contribution in [0.2, 0.25) is 0 Å². The molecule has 1 unspecified atom stereocenters. The molecule has 3 aromatic rings. The molecular formula is C20H14BF9. The van der Waals surface area contributed by atoms with E-state index in [2.05, 4.69) is 0 Å². The van der Waals surface area contributed by atoms with Crippen molar-refractivity contribution >= 4 is 29.4 Å². The largest absolute Gasteiger partial charge is 0.205 e. The fraction of sp³-hybridized carbons (Fsp3) is 0.300. The molecule has 3 rings (SSSR count). The molecule has 0 aliphatic carbocycles. The summed E-state index contributed by atoms with van der Waals surface area (Å²) in [5, 5.41) is -6.76. The molecule has 0 bridgehead atoms. The van der Waals surface area contributed by atoms with Crippen LogP contribution in [0.15, 0.2) is 0 Å². The lowest BCUT2D eigenvalue weighted by atomic mass is 9.58. The van der Waals surface area contributed by atoms with Gasteiger partial charge in [-0.05, 0) is 10.9 Å². The van der Waals surface area contributed by atoms with E-state index < -0.39 is 84.8 Å². The predicted octanol–water partition coefficient (Wildman–Crippen LogP) is 6.28. The molecule has 0 N–H and O–H groups in total. The second-order valence-corrected chi connectivity index (χ2v) is 7.37. The van der Waals surface area contributed by atoms with Gasteiger partial charge in [0.1, 0.15) is 13.7 Å². The lowest BCUT2D eigenvalue weighted by molar-refractivity contribution is 0.411. The van der Waals surface area contributed by atoms with Crippen molar-refractivity contribution in [2.24, 2.45) is 0 Å². The van der Waals surface area contributed by atoms with Gasteiger partial charge in [0.2, 0.25) is 0 Å². The molecule has 0 nitrogen and oxygen atoms in total. The first-order chi connectivity index (χ1) is 13.9. The maximum atomic E-state index is 15.0. The van der Waals surface area contributed by atoms with Gasteiger partial charge in [0.15, 0.2) is 46.5 Å². The van der Waals surface area contributed by atoms with Crippen molar-refractivity contribution in [2.45, 2.75) is 38.4 Å². The Morgan fingerprint density at radius 1 is 0.533 bits per heavy atom. The molecule has 0 aliphatic rings. The van der Waals surface area contributed by atoms with Gasteiger partial charge >= 0.3 is 0 Å². The van der Waals surface area contributed by atoms with E-state index >= 15 is 4.39 Å². The van der Waals surface area contributed by atoms with E-state index in [-0.39, 0.29) is 12.8 Å². The highest BCUT2D eigenvalue weighted by Crippen LogP contribution is 2.46. The van der Waals surface area contributed by atoms with Crippen LogP contribution in [0.1, 0.15) is 38.7 Å². The summed E-state index contributed by atoms with van der Waals surface area (Å²) in [6, 6.07) is 0. The summed E-state index contributed by atoms with van der Waals surface area (Å²) in [5.41, 5.74) is -0.663. The third-order valence-electron chi connectivity index (χ3n) is 5.66. The van der Waals surface area contributed by atoms with Crippen LogP contribution in [0, 0.1) is 52.4 Å². The standard InChI is InChI=1S/C20H14BF9/c1-3-5-20(21,4-2)10-6-8(14(25)18(29)16(27)12(6)23)11(22)9-7(10)13(24)17(28)19(30)15(9)26/h3-5,21H2,1-2H3. The monoisotopic (exact) mass is 436 g/mol. The molecule has 3 aromatic carbocycles. The van der Waals surface area contributed by atoms with Crippen LogP contribution < -0.4 is 0 Å². The van der Waals surface area contributed by atoms with Gasteiger partial charge in [-0.3, -0.25) is 0 Å². The second kappa shape index (κ2) is 7.39. The Hall–Kier alpha value is -2.39. The molecule has 0 saturated carbocycles. The Morgan fingerprint density at radius 2 is 0.867 bits per heavy atom. The van der Waals surface area contributed by atoms with Gasteiger partial charge in [0.25, 0.3) is 0 Å². The van der Waals surface area contributed by atoms with Crippen molar-refractivity contribution in [3.8, 4) is 0 Å². The fourth-order valence-electron chi connectivity index (χ4n) is 4.03. The summed E-state index contributed by atoms with van der Waals surface area (Å²) in [6.07, 6.45) is 0.489. The minimum absolute atomic E-state index is 0.0385. The van der Waals surface area contributed by atoms with E-state index in [0.717, 1.165) is 0 Å². The lowest BCUT2D eigenvalue weighted by Crippen LogP contribution is -2.28. The average molecular weight is 436 g/mol. The normalized spacial score (nSPS) is 14.0. The number of hydrogen-bond acceptors (Lipinski definition) is 0. The second-order valence-electron chi connectivity index (χ2n) is 7.37. The first-order valence-electron chi connectivity index (χ1n) is 9.07. The molecule has 0 radical (unpaired) electrons. The van der Waals surface area contributed by atoms with Crippen LogP contribution in [0.4, 0.5) is 39.5 Å². The van der Waals surface area contributed by atoms with Crippen molar-refractivity contribution in [3.63, 3.8) is 0 Å².